The Hall–Kier alpha value is -1.06. The van der Waals surface area contributed by atoms with Crippen molar-refractivity contribution in [2.75, 3.05) is 18.9 Å². The topological polar surface area (TPSA) is 44.5 Å². The molecule has 1 heterocycles. The van der Waals surface area contributed by atoms with E-state index in [1.165, 1.54) is 5.56 Å². The summed E-state index contributed by atoms with van der Waals surface area (Å²) < 4.78 is 11.0. The number of aryl methyl sites for hydroxylation is 1. The van der Waals surface area contributed by atoms with Crippen LogP contribution in [0.5, 0.6) is 0 Å². The lowest BCUT2D eigenvalue weighted by molar-refractivity contribution is -0.0449. The Balaban J connectivity index is 2.44. The second kappa shape index (κ2) is 3.59. The summed E-state index contributed by atoms with van der Waals surface area (Å²) in [6, 6.07) is 3.92. The number of benzene rings is 1. The van der Waals surface area contributed by atoms with Crippen LogP contribution in [0.2, 0.25) is 0 Å². The molecule has 76 valence electrons. The summed E-state index contributed by atoms with van der Waals surface area (Å²) in [6.07, 6.45) is -0.224. The monoisotopic (exact) mass is 193 g/mol. The van der Waals surface area contributed by atoms with Crippen LogP contribution in [0.4, 0.5) is 5.69 Å². The minimum Gasteiger partial charge on any atom is -0.399 e. The molecule has 0 aromatic heterocycles. The van der Waals surface area contributed by atoms with E-state index in [-0.39, 0.29) is 6.29 Å². The maximum absolute atomic E-state index is 5.85. The van der Waals surface area contributed by atoms with E-state index < -0.39 is 0 Å². The third-order valence-corrected chi connectivity index (χ3v) is 2.63. The van der Waals surface area contributed by atoms with Gasteiger partial charge < -0.3 is 15.2 Å². The molecule has 14 heavy (non-hydrogen) atoms. The van der Waals surface area contributed by atoms with Crippen molar-refractivity contribution in [2.45, 2.75) is 20.1 Å². The number of anilines is 1. The van der Waals surface area contributed by atoms with E-state index >= 15 is 0 Å². The zero-order valence-corrected chi connectivity index (χ0v) is 8.54. The largest absolute Gasteiger partial charge is 0.399 e. The molecule has 0 aliphatic carbocycles. The first-order valence-electron chi connectivity index (χ1n) is 4.79. The van der Waals surface area contributed by atoms with Gasteiger partial charge in [0.15, 0.2) is 6.29 Å². The van der Waals surface area contributed by atoms with Crippen molar-refractivity contribution >= 4 is 5.69 Å². The molecule has 1 aliphatic heterocycles. The molecule has 0 radical (unpaired) electrons. The molecule has 0 amide bonds. The summed E-state index contributed by atoms with van der Waals surface area (Å²) in [5.41, 5.74) is 9.96. The Morgan fingerprint density at radius 1 is 1.21 bits per heavy atom. The second-order valence-corrected chi connectivity index (χ2v) is 3.58. The Morgan fingerprint density at radius 3 is 2.50 bits per heavy atom. The van der Waals surface area contributed by atoms with Crippen molar-refractivity contribution in [3.8, 4) is 0 Å². The summed E-state index contributed by atoms with van der Waals surface area (Å²) in [4.78, 5) is 0. The van der Waals surface area contributed by atoms with Crippen LogP contribution in [0.25, 0.3) is 0 Å². The van der Waals surface area contributed by atoms with Gasteiger partial charge in [-0.25, -0.2) is 0 Å². The lowest BCUT2D eigenvalue weighted by Crippen LogP contribution is -2.05. The van der Waals surface area contributed by atoms with Gasteiger partial charge >= 0.3 is 0 Å². The van der Waals surface area contributed by atoms with Crippen molar-refractivity contribution in [1.82, 2.24) is 0 Å². The van der Waals surface area contributed by atoms with Crippen molar-refractivity contribution < 1.29 is 9.47 Å². The fraction of sp³-hybridized carbons (Fsp3) is 0.455. The second-order valence-electron chi connectivity index (χ2n) is 3.58. The molecule has 0 unspecified atom stereocenters. The summed E-state index contributed by atoms with van der Waals surface area (Å²) in [5, 5.41) is 0. The Kier molecular flexibility index (Phi) is 2.44. The van der Waals surface area contributed by atoms with Crippen LogP contribution in [0, 0.1) is 13.8 Å². The van der Waals surface area contributed by atoms with E-state index in [0.29, 0.717) is 13.2 Å². The van der Waals surface area contributed by atoms with Crippen LogP contribution < -0.4 is 5.73 Å². The van der Waals surface area contributed by atoms with Gasteiger partial charge in [-0.1, -0.05) is 6.07 Å². The summed E-state index contributed by atoms with van der Waals surface area (Å²) in [6.45, 7) is 5.38. The van der Waals surface area contributed by atoms with Gasteiger partial charge in [0, 0.05) is 11.3 Å². The smallest absolute Gasteiger partial charge is 0.184 e. The van der Waals surface area contributed by atoms with Gasteiger partial charge in [0.2, 0.25) is 0 Å². The van der Waals surface area contributed by atoms with Gasteiger partial charge in [0.05, 0.1) is 13.2 Å². The van der Waals surface area contributed by atoms with Crippen LogP contribution in [0.3, 0.4) is 0 Å². The molecule has 3 heteroatoms. The van der Waals surface area contributed by atoms with E-state index in [2.05, 4.69) is 0 Å². The highest BCUT2D eigenvalue weighted by Crippen LogP contribution is 2.31. The Labute approximate surface area is 83.8 Å². The highest BCUT2D eigenvalue weighted by Gasteiger charge is 2.22. The summed E-state index contributed by atoms with van der Waals surface area (Å²) in [7, 11) is 0. The van der Waals surface area contributed by atoms with Crippen molar-refractivity contribution in [3.63, 3.8) is 0 Å². The SMILES string of the molecule is Cc1ccc(N)c(C)c1C1OCCO1. The quantitative estimate of drug-likeness (QED) is 0.693. The lowest BCUT2D eigenvalue weighted by Gasteiger charge is -2.16. The molecular formula is C11H15NO2. The molecule has 2 N–H and O–H groups in total. The Bertz CT molecular complexity index is 343. The fourth-order valence-electron chi connectivity index (χ4n) is 1.77. The third kappa shape index (κ3) is 1.49. The van der Waals surface area contributed by atoms with E-state index in [0.717, 1.165) is 16.8 Å². The molecule has 1 saturated heterocycles. The maximum atomic E-state index is 5.85. The number of nitrogen functional groups attached to an aromatic ring is 1. The molecule has 1 aromatic rings. The normalized spacial score (nSPS) is 17.6. The molecule has 1 aliphatic rings. The van der Waals surface area contributed by atoms with Crippen LogP contribution in [-0.2, 0) is 9.47 Å². The Morgan fingerprint density at radius 2 is 1.86 bits per heavy atom. The van der Waals surface area contributed by atoms with Crippen molar-refractivity contribution in [2.24, 2.45) is 0 Å². The zero-order chi connectivity index (χ0) is 10.1. The van der Waals surface area contributed by atoms with Gasteiger partial charge in [0.1, 0.15) is 0 Å². The molecule has 0 atom stereocenters. The molecule has 0 saturated carbocycles. The highest BCUT2D eigenvalue weighted by atomic mass is 16.7. The van der Waals surface area contributed by atoms with E-state index in [9.17, 15) is 0 Å². The molecular weight excluding hydrogens is 178 g/mol. The first kappa shape index (κ1) is 9.49. The predicted octanol–water partition coefficient (Wildman–Crippen LogP) is 1.93. The van der Waals surface area contributed by atoms with Crippen LogP contribution in [-0.4, -0.2) is 13.2 Å². The van der Waals surface area contributed by atoms with Crippen molar-refractivity contribution in [1.29, 1.82) is 0 Å². The average molecular weight is 193 g/mol. The number of nitrogens with two attached hydrogens (primary N) is 1. The number of ether oxygens (including phenoxy) is 2. The predicted molar refractivity (Wildman–Crippen MR) is 55.0 cm³/mol. The first-order valence-corrected chi connectivity index (χ1v) is 4.79. The standard InChI is InChI=1S/C11H15NO2/c1-7-3-4-9(12)8(2)10(7)11-13-5-6-14-11/h3-4,11H,5-6,12H2,1-2H3. The fourth-order valence-corrected chi connectivity index (χ4v) is 1.77. The molecule has 0 bridgehead atoms. The highest BCUT2D eigenvalue weighted by molar-refractivity contribution is 5.53. The van der Waals surface area contributed by atoms with E-state index in [4.69, 9.17) is 15.2 Å². The zero-order valence-electron chi connectivity index (χ0n) is 8.54. The lowest BCUT2D eigenvalue weighted by atomic mass is 10.0. The van der Waals surface area contributed by atoms with E-state index in [1.807, 2.05) is 26.0 Å². The van der Waals surface area contributed by atoms with Crippen LogP contribution in [0.15, 0.2) is 12.1 Å². The number of rotatable bonds is 1. The third-order valence-electron chi connectivity index (χ3n) is 2.63. The van der Waals surface area contributed by atoms with Gasteiger partial charge in [-0.15, -0.1) is 0 Å². The van der Waals surface area contributed by atoms with Crippen LogP contribution in [0.1, 0.15) is 23.0 Å². The van der Waals surface area contributed by atoms with Crippen molar-refractivity contribution in [3.05, 3.63) is 28.8 Å². The van der Waals surface area contributed by atoms with Crippen LogP contribution >= 0.6 is 0 Å². The van der Waals surface area contributed by atoms with Gasteiger partial charge in [0.25, 0.3) is 0 Å². The number of hydrogen-bond donors (Lipinski definition) is 1. The van der Waals surface area contributed by atoms with E-state index in [1.54, 1.807) is 0 Å². The van der Waals surface area contributed by atoms with Gasteiger partial charge in [-0.2, -0.15) is 0 Å². The summed E-state index contributed by atoms with van der Waals surface area (Å²) >= 11 is 0. The molecule has 3 nitrogen and oxygen atoms in total. The molecule has 2 rings (SSSR count). The van der Waals surface area contributed by atoms with Gasteiger partial charge in [-0.3, -0.25) is 0 Å². The number of hydrogen-bond acceptors (Lipinski definition) is 3. The van der Waals surface area contributed by atoms with Gasteiger partial charge in [-0.05, 0) is 31.0 Å². The molecule has 1 fully saturated rings. The molecule has 0 spiro atoms. The molecule has 1 aromatic carbocycles. The maximum Gasteiger partial charge on any atom is 0.184 e. The minimum absolute atomic E-state index is 0.224. The summed E-state index contributed by atoms with van der Waals surface area (Å²) in [5.74, 6) is 0. The minimum atomic E-state index is -0.224. The average Bonchev–Trinajstić information content (AvgIpc) is 2.65. The first-order chi connectivity index (χ1) is 6.70.